The highest BCUT2D eigenvalue weighted by Gasteiger charge is 2.07. The highest BCUT2D eigenvalue weighted by atomic mass is 127. The van der Waals surface area contributed by atoms with Crippen LogP contribution in [0.1, 0.15) is 5.56 Å². The van der Waals surface area contributed by atoms with Gasteiger partial charge in [0, 0.05) is 4.47 Å². The molecule has 0 aliphatic rings. The zero-order valence-electron chi connectivity index (χ0n) is 9.70. The van der Waals surface area contributed by atoms with Crippen LogP contribution in [0.4, 0.5) is 0 Å². The molecule has 2 N–H and O–H groups in total. The molecule has 0 saturated carbocycles. The fourth-order valence-corrected chi connectivity index (χ4v) is 2.47. The summed E-state index contributed by atoms with van der Waals surface area (Å²) in [5.74, 6) is 1.73. The lowest BCUT2D eigenvalue weighted by atomic mass is 10.1. The van der Waals surface area contributed by atoms with E-state index < -0.39 is 0 Å². The molecule has 2 aromatic rings. The fraction of sp³-hybridized carbons (Fsp3) is 0.143. The summed E-state index contributed by atoms with van der Waals surface area (Å²) in [6.07, 6.45) is 0.812. The van der Waals surface area contributed by atoms with Crippen LogP contribution in [0.15, 0.2) is 46.9 Å². The van der Waals surface area contributed by atoms with Gasteiger partial charge in [0.1, 0.15) is 11.5 Å². The first kappa shape index (κ1) is 13.8. The topological polar surface area (TPSA) is 35.2 Å². The minimum Gasteiger partial charge on any atom is -0.456 e. The van der Waals surface area contributed by atoms with Crippen molar-refractivity contribution < 1.29 is 4.74 Å². The summed E-state index contributed by atoms with van der Waals surface area (Å²) in [6.45, 7) is 0.615. The van der Waals surface area contributed by atoms with Crippen molar-refractivity contribution in [1.82, 2.24) is 0 Å². The maximum Gasteiger partial charge on any atom is 0.140 e. The molecule has 18 heavy (non-hydrogen) atoms. The van der Waals surface area contributed by atoms with Crippen molar-refractivity contribution in [3.05, 3.63) is 56.1 Å². The third-order valence-electron chi connectivity index (χ3n) is 2.50. The number of rotatable bonds is 4. The Bertz CT molecular complexity index is 545. The minimum atomic E-state index is 0.615. The zero-order valence-corrected chi connectivity index (χ0v) is 13.4. The molecule has 0 atom stereocenters. The van der Waals surface area contributed by atoms with Gasteiger partial charge in [-0.3, -0.25) is 0 Å². The third kappa shape index (κ3) is 3.46. The molecule has 2 nitrogen and oxygen atoms in total. The second kappa shape index (κ2) is 6.54. The molecular weight excluding hydrogens is 405 g/mol. The first-order valence-electron chi connectivity index (χ1n) is 5.61. The number of halogens is 2. The predicted octanol–water partition coefficient (Wildman–Crippen LogP) is 4.35. The van der Waals surface area contributed by atoms with Crippen molar-refractivity contribution in [3.8, 4) is 11.5 Å². The number of hydrogen-bond acceptors (Lipinski definition) is 2. The smallest absolute Gasteiger partial charge is 0.140 e. The van der Waals surface area contributed by atoms with Gasteiger partial charge in [0.2, 0.25) is 0 Å². The normalized spacial score (nSPS) is 10.4. The van der Waals surface area contributed by atoms with E-state index in [4.69, 9.17) is 10.5 Å². The van der Waals surface area contributed by atoms with Gasteiger partial charge >= 0.3 is 0 Å². The highest BCUT2D eigenvalue weighted by molar-refractivity contribution is 14.1. The molecule has 0 aromatic heterocycles. The summed E-state index contributed by atoms with van der Waals surface area (Å²) in [6, 6.07) is 14.0. The Hall–Kier alpha value is -0.590. The standard InChI is InChI=1S/C14H13BrINO/c15-11-6-5-10(7-8-17)14(9-11)18-13-4-2-1-3-12(13)16/h1-6,9H,7-8,17H2. The van der Waals surface area contributed by atoms with Crippen LogP contribution in [0.5, 0.6) is 11.5 Å². The average Bonchev–Trinajstić information content (AvgIpc) is 2.36. The molecule has 0 aliphatic heterocycles. The van der Waals surface area contributed by atoms with Gasteiger partial charge in [-0.15, -0.1) is 0 Å². The van der Waals surface area contributed by atoms with Crippen LogP contribution in [-0.4, -0.2) is 6.54 Å². The van der Waals surface area contributed by atoms with Crippen LogP contribution >= 0.6 is 38.5 Å². The van der Waals surface area contributed by atoms with E-state index in [0.717, 1.165) is 31.5 Å². The third-order valence-corrected chi connectivity index (χ3v) is 3.88. The molecule has 0 aliphatic carbocycles. The number of benzene rings is 2. The number of hydrogen-bond donors (Lipinski definition) is 1. The van der Waals surface area contributed by atoms with Crippen LogP contribution in [0.25, 0.3) is 0 Å². The van der Waals surface area contributed by atoms with Crippen molar-refractivity contribution in [3.63, 3.8) is 0 Å². The predicted molar refractivity (Wildman–Crippen MR) is 86.1 cm³/mol. The van der Waals surface area contributed by atoms with Crippen LogP contribution in [0.2, 0.25) is 0 Å². The van der Waals surface area contributed by atoms with Gasteiger partial charge in [0.05, 0.1) is 3.57 Å². The van der Waals surface area contributed by atoms with Gasteiger partial charge < -0.3 is 10.5 Å². The summed E-state index contributed by atoms with van der Waals surface area (Å²) in [7, 11) is 0. The van der Waals surface area contributed by atoms with Gasteiger partial charge in [-0.25, -0.2) is 0 Å². The fourth-order valence-electron chi connectivity index (χ4n) is 1.63. The lowest BCUT2D eigenvalue weighted by molar-refractivity contribution is 0.472. The van der Waals surface area contributed by atoms with Crippen molar-refractivity contribution >= 4 is 38.5 Å². The van der Waals surface area contributed by atoms with Crippen molar-refractivity contribution in [1.29, 1.82) is 0 Å². The van der Waals surface area contributed by atoms with E-state index in [9.17, 15) is 0 Å². The first-order chi connectivity index (χ1) is 8.70. The Morgan fingerprint density at radius 3 is 2.61 bits per heavy atom. The van der Waals surface area contributed by atoms with Crippen LogP contribution < -0.4 is 10.5 Å². The summed E-state index contributed by atoms with van der Waals surface area (Å²) >= 11 is 5.73. The average molecular weight is 418 g/mol. The molecule has 94 valence electrons. The molecule has 0 heterocycles. The summed E-state index contributed by atoms with van der Waals surface area (Å²) < 4.78 is 8.08. The molecule has 0 bridgehead atoms. The summed E-state index contributed by atoms with van der Waals surface area (Å²) in [5.41, 5.74) is 6.75. The van der Waals surface area contributed by atoms with Crippen LogP contribution in [0.3, 0.4) is 0 Å². The SMILES string of the molecule is NCCc1ccc(Br)cc1Oc1ccccc1I. The molecule has 0 unspecified atom stereocenters. The number of nitrogens with two attached hydrogens (primary N) is 1. The summed E-state index contributed by atoms with van der Waals surface area (Å²) in [4.78, 5) is 0. The van der Waals surface area contributed by atoms with E-state index in [0.29, 0.717) is 6.54 Å². The molecule has 0 saturated heterocycles. The second-order valence-electron chi connectivity index (χ2n) is 3.82. The maximum absolute atomic E-state index is 5.98. The van der Waals surface area contributed by atoms with Crippen LogP contribution in [-0.2, 0) is 6.42 Å². The van der Waals surface area contributed by atoms with Gasteiger partial charge in [0.15, 0.2) is 0 Å². The molecule has 0 radical (unpaired) electrons. The lowest BCUT2D eigenvalue weighted by Crippen LogP contribution is -2.04. The Labute approximate surface area is 129 Å². The van der Waals surface area contributed by atoms with Crippen LogP contribution in [0, 0.1) is 3.57 Å². The Morgan fingerprint density at radius 2 is 1.89 bits per heavy atom. The molecule has 2 aromatic carbocycles. The first-order valence-corrected chi connectivity index (χ1v) is 7.49. The minimum absolute atomic E-state index is 0.615. The Kier molecular flexibility index (Phi) is 5.03. The van der Waals surface area contributed by atoms with E-state index in [-0.39, 0.29) is 0 Å². The molecule has 4 heteroatoms. The highest BCUT2D eigenvalue weighted by Crippen LogP contribution is 2.31. The zero-order chi connectivity index (χ0) is 13.0. The second-order valence-corrected chi connectivity index (χ2v) is 5.90. The molecular formula is C14H13BrINO. The van der Waals surface area contributed by atoms with E-state index in [1.54, 1.807) is 0 Å². The lowest BCUT2D eigenvalue weighted by Gasteiger charge is -2.12. The van der Waals surface area contributed by atoms with Gasteiger partial charge in [-0.2, -0.15) is 0 Å². The molecule has 2 rings (SSSR count). The molecule has 0 amide bonds. The number of ether oxygens (including phenoxy) is 1. The maximum atomic E-state index is 5.98. The monoisotopic (exact) mass is 417 g/mol. The summed E-state index contributed by atoms with van der Waals surface area (Å²) in [5, 5.41) is 0. The van der Waals surface area contributed by atoms with Gasteiger partial charge in [-0.1, -0.05) is 34.1 Å². The largest absolute Gasteiger partial charge is 0.456 e. The van der Waals surface area contributed by atoms with Gasteiger partial charge in [-0.05, 0) is 65.4 Å². The molecule has 0 fully saturated rings. The van der Waals surface area contributed by atoms with E-state index in [1.807, 2.05) is 42.5 Å². The van der Waals surface area contributed by atoms with Crippen molar-refractivity contribution in [2.24, 2.45) is 5.73 Å². The molecule has 0 spiro atoms. The van der Waals surface area contributed by atoms with E-state index in [1.165, 1.54) is 0 Å². The van der Waals surface area contributed by atoms with E-state index >= 15 is 0 Å². The Balaban J connectivity index is 2.33. The Morgan fingerprint density at radius 1 is 1.11 bits per heavy atom. The quantitative estimate of drug-likeness (QED) is 0.750. The van der Waals surface area contributed by atoms with Crippen molar-refractivity contribution in [2.45, 2.75) is 6.42 Å². The van der Waals surface area contributed by atoms with Gasteiger partial charge in [0.25, 0.3) is 0 Å². The van der Waals surface area contributed by atoms with E-state index in [2.05, 4.69) is 38.5 Å². The van der Waals surface area contributed by atoms with Crippen molar-refractivity contribution in [2.75, 3.05) is 6.54 Å². The number of para-hydroxylation sites is 1.